The highest BCUT2D eigenvalue weighted by Gasteiger charge is 2.41. The molecule has 3 aromatic rings. The molecule has 0 radical (unpaired) electrons. The van der Waals surface area contributed by atoms with Crippen LogP contribution >= 0.6 is 0 Å². The van der Waals surface area contributed by atoms with Gasteiger partial charge in [0.25, 0.3) is 0 Å². The lowest BCUT2D eigenvalue weighted by atomic mass is 9.91. The minimum absolute atomic E-state index is 0.0230. The van der Waals surface area contributed by atoms with E-state index in [1.165, 1.54) is 12.1 Å². The van der Waals surface area contributed by atoms with Crippen molar-refractivity contribution >= 4 is 11.0 Å². The van der Waals surface area contributed by atoms with Crippen LogP contribution in [0.4, 0.5) is 0 Å². The number of hydrogen-bond donors (Lipinski definition) is 4. The maximum Gasteiger partial charge on any atom is 0.200 e. The van der Waals surface area contributed by atoms with Crippen LogP contribution in [0, 0.1) is 0 Å². The maximum atomic E-state index is 14.2. The first-order valence-electron chi connectivity index (χ1n) is 12.8. The van der Waals surface area contributed by atoms with Crippen molar-refractivity contribution in [1.82, 2.24) is 0 Å². The fraction of sp³-hybridized carbons (Fsp3) is 0.433. The fourth-order valence-corrected chi connectivity index (χ4v) is 5.10. The summed E-state index contributed by atoms with van der Waals surface area (Å²) in [6.45, 7) is 10.4. The van der Waals surface area contributed by atoms with E-state index < -0.39 is 28.8 Å². The molecule has 0 spiro atoms. The Morgan fingerprint density at radius 3 is 2.26 bits per heavy atom. The Bertz CT molecular complexity index is 1530. The van der Waals surface area contributed by atoms with Gasteiger partial charge in [0.2, 0.25) is 0 Å². The topological polar surface area (TPSA) is 130 Å². The number of fused-ring (bicyclic) bond motifs is 5. The number of aromatic hydroxyl groups is 2. The summed E-state index contributed by atoms with van der Waals surface area (Å²) in [5.41, 5.74) is 0.0871. The van der Waals surface area contributed by atoms with Gasteiger partial charge in [-0.1, -0.05) is 11.6 Å². The number of phenols is 2. The van der Waals surface area contributed by atoms with Crippen molar-refractivity contribution < 1.29 is 34.3 Å². The number of phenolic OH excluding ortho intramolecular Hbond substituents is 2. The molecule has 1 aromatic heterocycles. The molecule has 0 bridgehead atoms. The van der Waals surface area contributed by atoms with Gasteiger partial charge in [-0.25, -0.2) is 0 Å². The van der Waals surface area contributed by atoms with Crippen LogP contribution in [-0.4, -0.2) is 43.8 Å². The van der Waals surface area contributed by atoms with Crippen LogP contribution in [0.5, 0.6) is 23.0 Å². The smallest absolute Gasteiger partial charge is 0.200 e. The summed E-state index contributed by atoms with van der Waals surface area (Å²) in [7, 11) is 0. The second-order valence-corrected chi connectivity index (χ2v) is 11.7. The summed E-state index contributed by atoms with van der Waals surface area (Å²) in [5, 5.41) is 43.1. The SMILES string of the molecule is CC(C)=CCc1c2c(c(O)c3c(=O)c4c(oc13)-c1ccc(O)cc1OC(C(C)(C)O)C4)CC(C(C)(C)O)O2. The predicted octanol–water partition coefficient (Wildman–Crippen LogP) is 4.53. The highest BCUT2D eigenvalue weighted by atomic mass is 16.5. The second-order valence-electron chi connectivity index (χ2n) is 11.7. The summed E-state index contributed by atoms with van der Waals surface area (Å²) in [4.78, 5) is 14.2. The molecule has 0 fully saturated rings. The lowest BCUT2D eigenvalue weighted by molar-refractivity contribution is -0.0322. The first-order chi connectivity index (χ1) is 17.7. The number of allylic oxidation sites excluding steroid dienone is 2. The van der Waals surface area contributed by atoms with Gasteiger partial charge in [-0.3, -0.25) is 4.79 Å². The Morgan fingerprint density at radius 2 is 1.63 bits per heavy atom. The van der Waals surface area contributed by atoms with E-state index >= 15 is 0 Å². The van der Waals surface area contributed by atoms with Crippen LogP contribution in [0.25, 0.3) is 22.3 Å². The number of aliphatic hydroxyl groups is 2. The number of ether oxygens (including phenoxy) is 2. The number of rotatable bonds is 4. The Balaban J connectivity index is 1.87. The molecule has 0 saturated heterocycles. The summed E-state index contributed by atoms with van der Waals surface area (Å²) < 4.78 is 18.8. The van der Waals surface area contributed by atoms with Crippen molar-refractivity contribution in [3.63, 3.8) is 0 Å². The molecule has 0 amide bonds. The van der Waals surface area contributed by atoms with Crippen molar-refractivity contribution in [1.29, 1.82) is 0 Å². The van der Waals surface area contributed by atoms with Crippen molar-refractivity contribution in [2.45, 2.75) is 84.2 Å². The summed E-state index contributed by atoms with van der Waals surface area (Å²) in [5.74, 6) is 0.672. The Labute approximate surface area is 220 Å². The highest BCUT2D eigenvalue weighted by Crippen LogP contribution is 2.48. The molecule has 0 aliphatic carbocycles. The van der Waals surface area contributed by atoms with Gasteiger partial charge in [-0.2, -0.15) is 0 Å². The number of benzene rings is 2. The van der Waals surface area contributed by atoms with E-state index in [0.717, 1.165) is 5.57 Å². The fourth-order valence-electron chi connectivity index (χ4n) is 5.10. The van der Waals surface area contributed by atoms with Gasteiger partial charge in [-0.15, -0.1) is 0 Å². The minimum Gasteiger partial charge on any atom is -0.508 e. The Kier molecular flexibility index (Phi) is 6.04. The van der Waals surface area contributed by atoms with Gasteiger partial charge in [0.05, 0.1) is 16.8 Å². The van der Waals surface area contributed by atoms with E-state index in [-0.39, 0.29) is 52.4 Å². The molecule has 2 atom stereocenters. The maximum absolute atomic E-state index is 14.2. The van der Waals surface area contributed by atoms with Crippen molar-refractivity contribution in [2.24, 2.45) is 0 Å². The molecule has 2 aromatic carbocycles. The standard InChI is InChI=1S/C30H34O8/c1-14(2)7-9-17-27-19(13-22(37-27)30(5,6)35)25(33)23-24(32)18-12-21(29(3,4)34)36-20-11-15(31)8-10-16(20)26(18)38-28(17)23/h7-8,10-11,21-22,31,33-35H,9,12-13H2,1-6H3. The molecule has 38 heavy (non-hydrogen) atoms. The quantitative estimate of drug-likeness (QED) is 0.368. The van der Waals surface area contributed by atoms with E-state index in [4.69, 9.17) is 13.9 Å². The molecular formula is C30H34O8. The molecule has 5 rings (SSSR count). The zero-order chi connectivity index (χ0) is 27.7. The first-order valence-corrected chi connectivity index (χ1v) is 12.8. The summed E-state index contributed by atoms with van der Waals surface area (Å²) in [6.07, 6.45) is 1.18. The highest BCUT2D eigenvalue weighted by molar-refractivity contribution is 5.93. The van der Waals surface area contributed by atoms with E-state index in [0.29, 0.717) is 28.9 Å². The van der Waals surface area contributed by atoms with Crippen molar-refractivity contribution in [2.75, 3.05) is 0 Å². The zero-order valence-electron chi connectivity index (χ0n) is 22.5. The number of hydrogen-bond acceptors (Lipinski definition) is 8. The molecule has 2 aliphatic heterocycles. The third-order valence-electron chi connectivity index (χ3n) is 7.36. The lowest BCUT2D eigenvalue weighted by Gasteiger charge is -2.28. The molecule has 0 saturated carbocycles. The van der Waals surface area contributed by atoms with E-state index in [1.54, 1.807) is 33.8 Å². The van der Waals surface area contributed by atoms with Crippen LogP contribution in [0.2, 0.25) is 0 Å². The Morgan fingerprint density at radius 1 is 1.00 bits per heavy atom. The van der Waals surface area contributed by atoms with E-state index in [9.17, 15) is 25.2 Å². The molecule has 202 valence electrons. The average molecular weight is 523 g/mol. The molecule has 3 heterocycles. The van der Waals surface area contributed by atoms with Crippen LogP contribution < -0.4 is 14.9 Å². The monoisotopic (exact) mass is 522 g/mol. The van der Waals surface area contributed by atoms with Gasteiger partial charge >= 0.3 is 0 Å². The molecule has 4 N–H and O–H groups in total. The van der Waals surface area contributed by atoms with Gasteiger partial charge in [0.15, 0.2) is 5.43 Å². The molecule has 8 nitrogen and oxygen atoms in total. The molecule has 8 heteroatoms. The van der Waals surface area contributed by atoms with Crippen LogP contribution in [-0.2, 0) is 19.3 Å². The molecule has 2 unspecified atom stereocenters. The average Bonchev–Trinajstić information content (AvgIpc) is 3.18. The van der Waals surface area contributed by atoms with E-state index in [1.807, 2.05) is 19.9 Å². The largest absolute Gasteiger partial charge is 0.508 e. The normalized spacial score (nSPS) is 18.6. The molecular weight excluding hydrogens is 488 g/mol. The second kappa shape index (κ2) is 8.78. The van der Waals surface area contributed by atoms with E-state index in [2.05, 4.69) is 0 Å². The summed E-state index contributed by atoms with van der Waals surface area (Å²) >= 11 is 0. The van der Waals surface area contributed by atoms with Gasteiger partial charge < -0.3 is 34.3 Å². The van der Waals surface area contributed by atoms with Crippen LogP contribution in [0.3, 0.4) is 0 Å². The lowest BCUT2D eigenvalue weighted by Crippen LogP contribution is -2.42. The predicted molar refractivity (Wildman–Crippen MR) is 143 cm³/mol. The third-order valence-corrected chi connectivity index (χ3v) is 7.36. The summed E-state index contributed by atoms with van der Waals surface area (Å²) in [6, 6.07) is 4.51. The van der Waals surface area contributed by atoms with Crippen LogP contribution in [0.15, 0.2) is 39.1 Å². The zero-order valence-corrected chi connectivity index (χ0v) is 22.5. The van der Waals surface area contributed by atoms with Gasteiger partial charge in [0.1, 0.15) is 51.9 Å². The molecule has 2 aliphatic rings. The minimum atomic E-state index is -1.33. The van der Waals surface area contributed by atoms with Gasteiger partial charge in [-0.05, 0) is 60.1 Å². The third kappa shape index (κ3) is 4.31. The Hall–Kier alpha value is -3.49. The first kappa shape index (κ1) is 26.1. The van der Waals surface area contributed by atoms with Gasteiger partial charge in [0, 0.05) is 35.6 Å². The van der Waals surface area contributed by atoms with Crippen LogP contribution in [0.1, 0.15) is 58.2 Å². The van der Waals surface area contributed by atoms with Crippen molar-refractivity contribution in [3.8, 4) is 34.3 Å². The van der Waals surface area contributed by atoms with Crippen molar-refractivity contribution in [3.05, 3.63) is 56.8 Å².